The van der Waals surface area contributed by atoms with Crippen LogP contribution in [0.15, 0.2) is 12.4 Å². The predicted molar refractivity (Wildman–Crippen MR) is 79.4 cm³/mol. The van der Waals surface area contributed by atoms with Crippen LogP contribution in [0.3, 0.4) is 0 Å². The van der Waals surface area contributed by atoms with Gasteiger partial charge >= 0.3 is 0 Å². The van der Waals surface area contributed by atoms with Crippen LogP contribution >= 0.6 is 0 Å². The number of carbonyl (C=O) groups is 1. The second-order valence-electron chi connectivity index (χ2n) is 7.27. The van der Waals surface area contributed by atoms with Gasteiger partial charge in [-0.05, 0) is 24.7 Å². The Bertz CT molecular complexity index is 537. The first-order valence-electron chi connectivity index (χ1n) is 7.84. The number of aliphatic hydroxyl groups is 1. The standard InChI is InChI=1S/C16H25N3O2/c1-16(2)9-12(16)15(21)19-7-4-5-11(10-19)13(20)14-17-6-8-18(14)3/h6,8,11-13,20H,4-5,7,9-10H2,1-3H3/t11?,12-,13?/m1/s1. The fourth-order valence-electron chi connectivity index (χ4n) is 3.45. The topological polar surface area (TPSA) is 58.4 Å². The van der Waals surface area contributed by atoms with Crippen molar-refractivity contribution in [1.82, 2.24) is 14.5 Å². The Morgan fingerprint density at radius 2 is 2.24 bits per heavy atom. The van der Waals surface area contributed by atoms with E-state index in [1.54, 1.807) is 6.20 Å². The lowest BCUT2D eigenvalue weighted by Crippen LogP contribution is -2.43. The third-order valence-corrected chi connectivity index (χ3v) is 5.15. The Morgan fingerprint density at radius 1 is 1.52 bits per heavy atom. The van der Waals surface area contributed by atoms with E-state index >= 15 is 0 Å². The number of piperidine rings is 1. The van der Waals surface area contributed by atoms with E-state index in [0.717, 1.165) is 25.8 Å². The molecule has 0 aromatic carbocycles. The van der Waals surface area contributed by atoms with Gasteiger partial charge in [-0.3, -0.25) is 4.79 Å². The molecule has 1 aromatic rings. The molecule has 21 heavy (non-hydrogen) atoms. The molecule has 0 radical (unpaired) electrons. The molecular formula is C16H25N3O2. The van der Waals surface area contributed by atoms with Gasteiger partial charge in [0, 0.05) is 44.4 Å². The summed E-state index contributed by atoms with van der Waals surface area (Å²) in [4.78, 5) is 18.7. The number of hydrogen-bond donors (Lipinski definition) is 1. The molecule has 2 unspecified atom stereocenters. The van der Waals surface area contributed by atoms with Crippen molar-refractivity contribution in [3.8, 4) is 0 Å². The van der Waals surface area contributed by atoms with Crippen molar-refractivity contribution in [2.75, 3.05) is 13.1 Å². The molecule has 1 aliphatic carbocycles. The zero-order valence-electron chi connectivity index (χ0n) is 13.1. The molecule has 3 rings (SSSR count). The number of imidazole rings is 1. The number of rotatable bonds is 3. The van der Waals surface area contributed by atoms with Crippen molar-refractivity contribution in [1.29, 1.82) is 0 Å². The minimum atomic E-state index is -0.590. The molecule has 1 amide bonds. The van der Waals surface area contributed by atoms with Crippen LogP contribution in [0, 0.1) is 17.3 Å². The number of aromatic nitrogens is 2. The summed E-state index contributed by atoms with van der Waals surface area (Å²) in [5.41, 5.74) is 0.169. The lowest BCUT2D eigenvalue weighted by atomic mass is 9.91. The largest absolute Gasteiger partial charge is 0.385 e. The molecule has 2 fully saturated rings. The summed E-state index contributed by atoms with van der Waals surface area (Å²) in [5, 5.41) is 10.6. The summed E-state index contributed by atoms with van der Waals surface area (Å²) in [6.07, 6.45) is 5.87. The van der Waals surface area contributed by atoms with Crippen LogP contribution in [0.25, 0.3) is 0 Å². The first kappa shape index (κ1) is 14.6. The fraction of sp³-hybridized carbons (Fsp3) is 0.750. The quantitative estimate of drug-likeness (QED) is 0.923. The van der Waals surface area contributed by atoms with Crippen LogP contribution in [0.4, 0.5) is 0 Å². The number of carbonyl (C=O) groups excluding carboxylic acids is 1. The molecule has 3 atom stereocenters. The Labute approximate surface area is 126 Å². The summed E-state index contributed by atoms with van der Waals surface area (Å²) in [6, 6.07) is 0. The molecule has 5 heteroatoms. The molecule has 2 aliphatic rings. The average molecular weight is 291 g/mol. The molecule has 1 N–H and O–H groups in total. The van der Waals surface area contributed by atoms with Gasteiger partial charge in [-0.15, -0.1) is 0 Å². The Kier molecular flexibility index (Phi) is 3.56. The summed E-state index contributed by atoms with van der Waals surface area (Å²) in [7, 11) is 1.89. The van der Waals surface area contributed by atoms with E-state index in [0.29, 0.717) is 12.4 Å². The third kappa shape index (κ3) is 2.71. The van der Waals surface area contributed by atoms with Crippen molar-refractivity contribution in [2.45, 2.75) is 39.2 Å². The highest BCUT2D eigenvalue weighted by atomic mass is 16.3. The lowest BCUT2D eigenvalue weighted by molar-refractivity contribution is -0.136. The maximum atomic E-state index is 12.5. The molecular weight excluding hydrogens is 266 g/mol. The molecule has 5 nitrogen and oxygen atoms in total. The van der Waals surface area contributed by atoms with Gasteiger partial charge < -0.3 is 14.6 Å². The SMILES string of the molecule is Cn1ccnc1C(O)C1CCCN(C(=O)[C@H]2CC2(C)C)C1. The second kappa shape index (κ2) is 5.13. The minimum Gasteiger partial charge on any atom is -0.385 e. The van der Waals surface area contributed by atoms with E-state index in [1.165, 1.54) is 0 Å². The van der Waals surface area contributed by atoms with Gasteiger partial charge in [-0.1, -0.05) is 13.8 Å². The number of nitrogens with zero attached hydrogens (tertiary/aromatic N) is 3. The Hall–Kier alpha value is -1.36. The van der Waals surface area contributed by atoms with Crippen LogP contribution in [-0.2, 0) is 11.8 Å². The number of amides is 1. The summed E-state index contributed by atoms with van der Waals surface area (Å²) in [5.74, 6) is 1.24. The number of hydrogen-bond acceptors (Lipinski definition) is 3. The highest BCUT2D eigenvalue weighted by molar-refractivity contribution is 5.82. The molecule has 2 heterocycles. The smallest absolute Gasteiger partial charge is 0.226 e. The molecule has 1 saturated heterocycles. The Morgan fingerprint density at radius 3 is 2.81 bits per heavy atom. The molecule has 0 spiro atoms. The fourth-order valence-corrected chi connectivity index (χ4v) is 3.45. The van der Waals surface area contributed by atoms with Gasteiger partial charge in [0.05, 0.1) is 0 Å². The highest BCUT2D eigenvalue weighted by Crippen LogP contribution is 2.52. The van der Waals surface area contributed by atoms with Crippen LogP contribution in [0.5, 0.6) is 0 Å². The predicted octanol–water partition coefficient (Wildman–Crippen LogP) is 1.74. The highest BCUT2D eigenvalue weighted by Gasteiger charge is 2.52. The molecule has 1 saturated carbocycles. The van der Waals surface area contributed by atoms with Gasteiger partial charge in [-0.2, -0.15) is 0 Å². The Balaban J connectivity index is 1.66. The van der Waals surface area contributed by atoms with E-state index in [-0.39, 0.29) is 23.2 Å². The number of likely N-dealkylation sites (tertiary alicyclic amines) is 1. The summed E-state index contributed by atoms with van der Waals surface area (Å²) in [6.45, 7) is 5.79. The van der Waals surface area contributed by atoms with Crippen LogP contribution in [0.1, 0.15) is 45.0 Å². The van der Waals surface area contributed by atoms with E-state index in [4.69, 9.17) is 0 Å². The van der Waals surface area contributed by atoms with Gasteiger partial charge in [0.15, 0.2) is 0 Å². The van der Waals surface area contributed by atoms with E-state index in [2.05, 4.69) is 18.8 Å². The minimum absolute atomic E-state index is 0.0886. The summed E-state index contributed by atoms with van der Waals surface area (Å²) >= 11 is 0. The van der Waals surface area contributed by atoms with Gasteiger partial charge in [0.25, 0.3) is 0 Å². The molecule has 116 valence electrons. The van der Waals surface area contributed by atoms with Crippen LogP contribution < -0.4 is 0 Å². The van der Waals surface area contributed by atoms with Crippen molar-refractivity contribution in [3.05, 3.63) is 18.2 Å². The monoisotopic (exact) mass is 291 g/mol. The van der Waals surface area contributed by atoms with Crippen LogP contribution in [-0.4, -0.2) is 38.6 Å². The van der Waals surface area contributed by atoms with E-state index in [1.807, 2.05) is 22.7 Å². The van der Waals surface area contributed by atoms with Gasteiger partial charge in [-0.25, -0.2) is 4.98 Å². The first-order valence-corrected chi connectivity index (χ1v) is 7.84. The first-order chi connectivity index (χ1) is 9.90. The zero-order valence-corrected chi connectivity index (χ0v) is 13.1. The maximum Gasteiger partial charge on any atom is 0.226 e. The molecule has 0 bridgehead atoms. The normalized spacial score (nSPS) is 29.2. The lowest BCUT2D eigenvalue weighted by Gasteiger charge is -2.35. The van der Waals surface area contributed by atoms with Crippen molar-refractivity contribution in [3.63, 3.8) is 0 Å². The van der Waals surface area contributed by atoms with Gasteiger partial charge in [0.1, 0.15) is 11.9 Å². The number of aliphatic hydroxyl groups excluding tert-OH is 1. The van der Waals surface area contributed by atoms with Crippen LogP contribution in [0.2, 0.25) is 0 Å². The average Bonchev–Trinajstić information content (AvgIpc) is 2.89. The second-order valence-corrected chi connectivity index (χ2v) is 7.27. The number of aryl methyl sites for hydroxylation is 1. The van der Waals surface area contributed by atoms with Crippen molar-refractivity contribution >= 4 is 5.91 Å². The molecule has 1 aliphatic heterocycles. The molecule has 1 aromatic heterocycles. The van der Waals surface area contributed by atoms with Gasteiger partial charge in [0.2, 0.25) is 5.91 Å². The summed E-state index contributed by atoms with van der Waals surface area (Å²) < 4.78 is 1.86. The van der Waals surface area contributed by atoms with Crippen molar-refractivity contribution in [2.24, 2.45) is 24.3 Å². The maximum absolute atomic E-state index is 12.5. The van der Waals surface area contributed by atoms with Crippen molar-refractivity contribution < 1.29 is 9.90 Å². The van der Waals surface area contributed by atoms with E-state index in [9.17, 15) is 9.90 Å². The van der Waals surface area contributed by atoms with E-state index < -0.39 is 6.10 Å². The zero-order chi connectivity index (χ0) is 15.2. The third-order valence-electron chi connectivity index (χ3n) is 5.15.